The number of nitrogens with one attached hydrogen (secondary N) is 2. The van der Waals surface area contributed by atoms with Crippen LogP contribution >= 0.6 is 15.9 Å². The van der Waals surface area contributed by atoms with Crippen molar-refractivity contribution in [3.63, 3.8) is 0 Å². The Kier molecular flexibility index (Phi) is 7.05. The molecule has 4 aromatic rings. The predicted molar refractivity (Wildman–Crippen MR) is 150 cm³/mol. The highest BCUT2D eigenvalue weighted by Crippen LogP contribution is 2.37. The second-order valence-corrected chi connectivity index (χ2v) is 9.65. The molecule has 0 radical (unpaired) electrons. The summed E-state index contributed by atoms with van der Waals surface area (Å²) in [7, 11) is 0. The van der Waals surface area contributed by atoms with Gasteiger partial charge in [-0.1, -0.05) is 28.1 Å². The molecule has 1 aliphatic rings. The van der Waals surface area contributed by atoms with Gasteiger partial charge in [-0.05, 0) is 74.9 Å². The zero-order valence-electron chi connectivity index (χ0n) is 20.9. The zero-order valence-corrected chi connectivity index (χ0v) is 22.5. The number of amides is 1. The number of hydrogen-bond acceptors (Lipinski definition) is 6. The van der Waals surface area contributed by atoms with E-state index in [-0.39, 0.29) is 5.91 Å². The zero-order chi connectivity index (χ0) is 25.9. The maximum absolute atomic E-state index is 13.6. The van der Waals surface area contributed by atoms with E-state index in [4.69, 9.17) is 10.1 Å². The topological polar surface area (TPSA) is 88.0 Å². The van der Waals surface area contributed by atoms with Gasteiger partial charge < -0.3 is 15.5 Å². The number of carbonyl (C=O) groups excluding carboxylic acids is 1. The Labute approximate surface area is 224 Å². The van der Waals surface area contributed by atoms with Gasteiger partial charge in [-0.25, -0.2) is 4.68 Å². The fourth-order valence-corrected chi connectivity index (χ4v) is 4.83. The largest absolute Gasteiger partial charge is 0.372 e. The first kappa shape index (κ1) is 24.7. The number of pyridine rings is 1. The lowest BCUT2D eigenvalue weighted by Gasteiger charge is -2.28. The van der Waals surface area contributed by atoms with Crippen LogP contribution in [0.5, 0.6) is 0 Å². The molecule has 1 amide bonds. The van der Waals surface area contributed by atoms with E-state index in [0.717, 1.165) is 40.1 Å². The fraction of sp³-hybridized carbons (Fsp3) is 0.214. The van der Waals surface area contributed by atoms with E-state index in [0.29, 0.717) is 23.0 Å². The second kappa shape index (κ2) is 10.6. The Morgan fingerprint density at radius 2 is 1.81 bits per heavy atom. The standard InChI is InChI=1S/C28H28BrN7O/c1-4-35(5-2)23-14-10-20(11-15-23)26-33-28-31-18(3)24(27(37)32-22-7-6-16-30-17-22)25(36(28)34-26)19-8-12-21(29)13-9-19/h6-17,25H,4-5H2,1-3H3,(H,32,37)(H,31,33,34). The molecule has 2 aromatic heterocycles. The van der Waals surface area contributed by atoms with Gasteiger partial charge in [-0.3, -0.25) is 9.78 Å². The predicted octanol–water partition coefficient (Wildman–Crippen LogP) is 5.88. The molecule has 1 unspecified atom stereocenters. The van der Waals surface area contributed by atoms with Crippen molar-refractivity contribution >= 4 is 39.2 Å². The van der Waals surface area contributed by atoms with Crippen LogP contribution in [0.1, 0.15) is 32.4 Å². The summed E-state index contributed by atoms with van der Waals surface area (Å²) in [5, 5.41) is 11.2. The van der Waals surface area contributed by atoms with Crippen molar-refractivity contribution in [3.05, 3.63) is 94.4 Å². The van der Waals surface area contributed by atoms with Crippen molar-refractivity contribution < 1.29 is 4.79 Å². The third kappa shape index (κ3) is 4.99. The van der Waals surface area contributed by atoms with E-state index in [1.165, 1.54) is 0 Å². The molecule has 0 fully saturated rings. The van der Waals surface area contributed by atoms with E-state index in [1.807, 2.05) is 49.4 Å². The first-order chi connectivity index (χ1) is 18.0. The van der Waals surface area contributed by atoms with Gasteiger partial charge in [-0.2, -0.15) is 4.98 Å². The normalized spacial score (nSPS) is 14.6. The van der Waals surface area contributed by atoms with Crippen LogP contribution in [0.15, 0.2) is 88.8 Å². The van der Waals surface area contributed by atoms with Gasteiger partial charge in [0, 0.05) is 40.7 Å². The number of hydrogen-bond donors (Lipinski definition) is 2. The van der Waals surface area contributed by atoms with Crippen molar-refractivity contribution in [1.29, 1.82) is 0 Å². The van der Waals surface area contributed by atoms with Crippen LogP contribution in [0.3, 0.4) is 0 Å². The van der Waals surface area contributed by atoms with Crippen molar-refractivity contribution in [1.82, 2.24) is 19.7 Å². The fourth-order valence-electron chi connectivity index (χ4n) is 4.57. The van der Waals surface area contributed by atoms with Gasteiger partial charge in [0.1, 0.15) is 6.04 Å². The number of aromatic nitrogens is 4. The van der Waals surface area contributed by atoms with Crippen LogP contribution in [-0.2, 0) is 4.79 Å². The number of allylic oxidation sites excluding steroid dienone is 1. The highest BCUT2D eigenvalue weighted by molar-refractivity contribution is 9.10. The van der Waals surface area contributed by atoms with E-state index in [1.54, 1.807) is 23.1 Å². The highest BCUT2D eigenvalue weighted by Gasteiger charge is 2.34. The minimum Gasteiger partial charge on any atom is -0.372 e. The summed E-state index contributed by atoms with van der Waals surface area (Å²) in [4.78, 5) is 24.8. The van der Waals surface area contributed by atoms with Crippen LogP contribution in [0.25, 0.3) is 11.4 Å². The molecule has 5 rings (SSSR count). The highest BCUT2D eigenvalue weighted by atomic mass is 79.9. The van der Waals surface area contributed by atoms with Gasteiger partial charge >= 0.3 is 0 Å². The van der Waals surface area contributed by atoms with Gasteiger partial charge in [-0.15, -0.1) is 5.10 Å². The second-order valence-electron chi connectivity index (χ2n) is 8.74. The molecule has 188 valence electrons. The molecule has 1 atom stereocenters. The molecule has 3 heterocycles. The summed E-state index contributed by atoms with van der Waals surface area (Å²) >= 11 is 3.51. The third-order valence-electron chi connectivity index (χ3n) is 6.46. The third-order valence-corrected chi connectivity index (χ3v) is 6.99. The average Bonchev–Trinajstić information content (AvgIpc) is 3.33. The van der Waals surface area contributed by atoms with Gasteiger partial charge in [0.15, 0.2) is 5.82 Å². The number of nitrogens with zero attached hydrogens (tertiary/aromatic N) is 5. The average molecular weight is 558 g/mol. The summed E-state index contributed by atoms with van der Waals surface area (Å²) in [5.74, 6) is 0.959. The molecule has 0 saturated carbocycles. The summed E-state index contributed by atoms with van der Waals surface area (Å²) < 4.78 is 2.75. The summed E-state index contributed by atoms with van der Waals surface area (Å²) in [6.45, 7) is 8.07. The maximum Gasteiger partial charge on any atom is 0.255 e. The number of rotatable bonds is 7. The number of carbonyl (C=O) groups is 1. The molecule has 8 nitrogen and oxygen atoms in total. The SMILES string of the molecule is CCN(CC)c1ccc(-c2nc3n(n2)C(c2ccc(Br)cc2)C(C(=O)Nc2cccnc2)=C(C)N3)cc1. The summed E-state index contributed by atoms with van der Waals surface area (Å²) in [6, 6.07) is 19.3. The molecule has 9 heteroatoms. The van der Waals surface area contributed by atoms with Crippen LogP contribution in [0, 0.1) is 0 Å². The molecule has 0 bridgehead atoms. The number of anilines is 3. The van der Waals surface area contributed by atoms with Crippen molar-refractivity contribution in [2.24, 2.45) is 0 Å². The number of benzene rings is 2. The molecule has 0 aliphatic carbocycles. The van der Waals surface area contributed by atoms with Crippen LogP contribution in [0.4, 0.5) is 17.3 Å². The van der Waals surface area contributed by atoms with E-state index in [9.17, 15) is 4.79 Å². The Hall–Kier alpha value is -3.98. The molecule has 2 aromatic carbocycles. The summed E-state index contributed by atoms with van der Waals surface area (Å²) in [5.41, 5.74) is 4.91. The number of fused-ring (bicyclic) bond motifs is 1. The lowest BCUT2D eigenvalue weighted by Crippen LogP contribution is -2.31. The van der Waals surface area contributed by atoms with Gasteiger partial charge in [0.05, 0.1) is 17.5 Å². The van der Waals surface area contributed by atoms with E-state index < -0.39 is 6.04 Å². The van der Waals surface area contributed by atoms with Crippen molar-refractivity contribution in [3.8, 4) is 11.4 Å². The minimum absolute atomic E-state index is 0.225. The lowest BCUT2D eigenvalue weighted by atomic mass is 9.95. The van der Waals surface area contributed by atoms with Gasteiger partial charge in [0.2, 0.25) is 5.95 Å². The molecule has 2 N–H and O–H groups in total. The first-order valence-corrected chi connectivity index (χ1v) is 13.0. The molecule has 0 saturated heterocycles. The Bertz CT molecular complexity index is 1430. The maximum atomic E-state index is 13.6. The lowest BCUT2D eigenvalue weighted by molar-refractivity contribution is -0.113. The van der Waals surface area contributed by atoms with Crippen LogP contribution in [0.2, 0.25) is 0 Å². The van der Waals surface area contributed by atoms with Crippen molar-refractivity contribution in [2.45, 2.75) is 26.8 Å². The van der Waals surface area contributed by atoms with Crippen LogP contribution in [-0.4, -0.2) is 38.7 Å². The van der Waals surface area contributed by atoms with E-state index in [2.05, 4.69) is 62.4 Å². The monoisotopic (exact) mass is 557 g/mol. The smallest absolute Gasteiger partial charge is 0.255 e. The summed E-state index contributed by atoms with van der Waals surface area (Å²) in [6.07, 6.45) is 3.30. The molecular formula is C28H28BrN7O. The minimum atomic E-state index is -0.461. The molecular weight excluding hydrogens is 530 g/mol. The number of halogens is 1. The van der Waals surface area contributed by atoms with Gasteiger partial charge in [0.25, 0.3) is 5.91 Å². The van der Waals surface area contributed by atoms with Crippen molar-refractivity contribution in [2.75, 3.05) is 28.6 Å². The first-order valence-electron chi connectivity index (χ1n) is 12.2. The molecule has 37 heavy (non-hydrogen) atoms. The Morgan fingerprint density at radius 1 is 1.08 bits per heavy atom. The molecule has 0 spiro atoms. The van der Waals surface area contributed by atoms with Crippen LogP contribution < -0.4 is 15.5 Å². The molecule has 1 aliphatic heterocycles. The Morgan fingerprint density at radius 3 is 2.46 bits per heavy atom. The van der Waals surface area contributed by atoms with E-state index >= 15 is 0 Å². The Balaban J connectivity index is 1.54. The quantitative estimate of drug-likeness (QED) is 0.295.